The van der Waals surface area contributed by atoms with Gasteiger partial charge >= 0.3 is 5.97 Å². The average molecular weight is 536 g/mol. The Kier molecular flexibility index (Phi) is 11.0. The van der Waals surface area contributed by atoms with Crippen LogP contribution in [0.1, 0.15) is 46.8 Å². The molecule has 0 aliphatic heterocycles. The summed E-state index contributed by atoms with van der Waals surface area (Å²) in [5.41, 5.74) is 5.12. The van der Waals surface area contributed by atoms with Gasteiger partial charge in [-0.1, -0.05) is 109 Å². The van der Waals surface area contributed by atoms with Crippen LogP contribution in [0.5, 0.6) is 0 Å². The van der Waals surface area contributed by atoms with Gasteiger partial charge in [-0.15, -0.1) is 0 Å². The minimum atomic E-state index is -0.485. The van der Waals surface area contributed by atoms with Crippen molar-refractivity contribution in [1.82, 2.24) is 0 Å². The molecular weight excluding hydrogens is 505 g/mol. The molecule has 0 bridgehead atoms. The number of aryl methyl sites for hydroxylation is 1. The summed E-state index contributed by atoms with van der Waals surface area (Å²) >= 11 is 12.5. The third-order valence-electron chi connectivity index (χ3n) is 5.77. The maximum Gasteiger partial charge on any atom is 0.342 e. The molecule has 0 atom stereocenters. The van der Waals surface area contributed by atoms with Crippen LogP contribution >= 0.6 is 23.2 Å². The number of hydrogen-bond donors (Lipinski definition) is 1. The molecule has 0 amide bonds. The van der Waals surface area contributed by atoms with Gasteiger partial charge < -0.3 is 14.8 Å². The Bertz CT molecular complexity index is 1240. The highest BCUT2D eigenvalue weighted by atomic mass is 35.5. The molecule has 37 heavy (non-hydrogen) atoms. The monoisotopic (exact) mass is 535 g/mol. The number of ether oxygens (including phenoxy) is 2. The normalized spacial score (nSPS) is 10.4. The fraction of sp³-hybridized carbons (Fsp3) is 0.194. The zero-order valence-electron chi connectivity index (χ0n) is 21.2. The van der Waals surface area contributed by atoms with Crippen molar-refractivity contribution in [3.05, 3.63) is 129 Å². The van der Waals surface area contributed by atoms with E-state index in [1.54, 1.807) is 30.3 Å². The second-order valence-electron chi connectivity index (χ2n) is 8.31. The molecule has 1 N–H and O–H groups in total. The highest BCUT2D eigenvalue weighted by Crippen LogP contribution is 2.36. The summed E-state index contributed by atoms with van der Waals surface area (Å²) in [5, 5.41) is 4.10. The maximum absolute atomic E-state index is 12.2. The van der Waals surface area contributed by atoms with Crippen molar-refractivity contribution in [2.75, 3.05) is 18.7 Å². The summed E-state index contributed by atoms with van der Waals surface area (Å²) in [6.07, 6.45) is 0. The molecule has 4 nitrogen and oxygen atoms in total. The quantitative estimate of drug-likeness (QED) is 0.139. The number of halogens is 2. The number of benzene rings is 4. The molecule has 0 unspecified atom stereocenters. The van der Waals surface area contributed by atoms with E-state index in [1.165, 1.54) is 11.1 Å². The first-order chi connectivity index (χ1) is 17.9. The van der Waals surface area contributed by atoms with Crippen molar-refractivity contribution in [2.45, 2.75) is 26.7 Å². The van der Waals surface area contributed by atoms with Crippen molar-refractivity contribution >= 4 is 40.5 Å². The second kappa shape index (κ2) is 14.4. The minimum absolute atomic E-state index is 0.0877. The highest BCUT2D eigenvalue weighted by molar-refractivity contribution is 6.39. The molecular formula is C31H31Cl2NO3. The molecule has 6 heteroatoms. The summed E-state index contributed by atoms with van der Waals surface area (Å²) in [5.74, 6) is -0.00107. The molecule has 192 valence electrons. The van der Waals surface area contributed by atoms with Crippen LogP contribution in [0.25, 0.3) is 0 Å². The Labute approximate surface area is 229 Å². The van der Waals surface area contributed by atoms with Gasteiger partial charge in [0.05, 0.1) is 27.0 Å². The van der Waals surface area contributed by atoms with E-state index in [0.29, 0.717) is 39.5 Å². The standard InChI is InChI=1S/C17H17Cl2NO3.C14H14/c1-3-22-10-23-17(21)12-6-4-5-7-14(12)20-16-13(18)9-8-11(2)15(16)19;1-12(13-8-4-2-5-9-13)14-10-6-3-7-11-14/h4-9,20H,3,10H2,1-2H3;2-12H,1H3. The lowest BCUT2D eigenvalue weighted by Crippen LogP contribution is -2.11. The molecule has 0 spiro atoms. The molecule has 4 aromatic carbocycles. The van der Waals surface area contributed by atoms with E-state index in [-0.39, 0.29) is 6.79 Å². The summed E-state index contributed by atoms with van der Waals surface area (Å²) in [4.78, 5) is 12.2. The Morgan fingerprint density at radius 3 is 2.00 bits per heavy atom. The van der Waals surface area contributed by atoms with Crippen molar-refractivity contribution < 1.29 is 14.3 Å². The minimum Gasteiger partial charge on any atom is -0.435 e. The van der Waals surface area contributed by atoms with Crippen LogP contribution in [0.2, 0.25) is 10.0 Å². The first-order valence-corrected chi connectivity index (χ1v) is 12.8. The molecule has 0 aliphatic carbocycles. The van der Waals surface area contributed by atoms with Crippen LogP contribution in [0.15, 0.2) is 97.1 Å². The fourth-order valence-electron chi connectivity index (χ4n) is 3.61. The molecule has 0 aromatic heterocycles. The SMILES string of the molecule is CC(c1ccccc1)c1ccccc1.CCOCOC(=O)c1ccccc1Nc1c(Cl)ccc(C)c1Cl. The number of hydrogen-bond acceptors (Lipinski definition) is 4. The fourth-order valence-corrected chi connectivity index (χ4v) is 4.07. The zero-order chi connectivity index (χ0) is 26.6. The van der Waals surface area contributed by atoms with E-state index in [0.717, 1.165) is 5.56 Å². The smallest absolute Gasteiger partial charge is 0.342 e. The van der Waals surface area contributed by atoms with E-state index in [2.05, 4.69) is 72.9 Å². The van der Waals surface area contributed by atoms with E-state index < -0.39 is 5.97 Å². The maximum atomic E-state index is 12.2. The first kappa shape index (κ1) is 28.3. The summed E-state index contributed by atoms with van der Waals surface area (Å²) in [6, 6.07) is 31.8. The zero-order valence-corrected chi connectivity index (χ0v) is 22.7. The van der Waals surface area contributed by atoms with Crippen molar-refractivity contribution in [1.29, 1.82) is 0 Å². The van der Waals surface area contributed by atoms with Crippen LogP contribution in [0, 0.1) is 6.92 Å². The number of para-hydroxylation sites is 1. The first-order valence-electron chi connectivity index (χ1n) is 12.1. The molecule has 0 fully saturated rings. The van der Waals surface area contributed by atoms with E-state index in [1.807, 2.05) is 19.9 Å². The number of carbonyl (C=O) groups excluding carboxylic acids is 1. The Morgan fingerprint density at radius 1 is 0.838 bits per heavy atom. The van der Waals surface area contributed by atoms with Gasteiger partial charge in [-0.05, 0) is 48.7 Å². The van der Waals surface area contributed by atoms with Gasteiger partial charge in [0.15, 0.2) is 6.79 Å². The Hall–Kier alpha value is -3.31. The van der Waals surface area contributed by atoms with Gasteiger partial charge in [0.2, 0.25) is 0 Å². The number of rotatable bonds is 8. The lowest BCUT2D eigenvalue weighted by atomic mass is 9.93. The van der Waals surface area contributed by atoms with Gasteiger partial charge in [-0.25, -0.2) is 4.79 Å². The summed E-state index contributed by atoms with van der Waals surface area (Å²) in [6.45, 7) is 6.33. The predicted molar refractivity (Wildman–Crippen MR) is 153 cm³/mol. The lowest BCUT2D eigenvalue weighted by molar-refractivity contribution is -0.0273. The molecule has 0 aliphatic rings. The van der Waals surface area contributed by atoms with Gasteiger partial charge in [0.25, 0.3) is 0 Å². The second-order valence-corrected chi connectivity index (χ2v) is 9.09. The average Bonchev–Trinajstić information content (AvgIpc) is 2.94. The van der Waals surface area contributed by atoms with E-state index >= 15 is 0 Å². The van der Waals surface area contributed by atoms with E-state index in [4.69, 9.17) is 32.7 Å². The van der Waals surface area contributed by atoms with Crippen molar-refractivity contribution in [2.24, 2.45) is 0 Å². The number of anilines is 2. The summed E-state index contributed by atoms with van der Waals surface area (Å²) in [7, 11) is 0. The molecule has 4 aromatic rings. The van der Waals surface area contributed by atoms with E-state index in [9.17, 15) is 4.79 Å². The van der Waals surface area contributed by atoms with Crippen LogP contribution in [0.3, 0.4) is 0 Å². The largest absolute Gasteiger partial charge is 0.435 e. The predicted octanol–water partition coefficient (Wildman–Crippen LogP) is 9.03. The summed E-state index contributed by atoms with van der Waals surface area (Å²) < 4.78 is 10.1. The van der Waals surface area contributed by atoms with Gasteiger partial charge in [0, 0.05) is 12.5 Å². The van der Waals surface area contributed by atoms with Gasteiger partial charge in [-0.2, -0.15) is 0 Å². The number of carbonyl (C=O) groups is 1. The molecule has 0 heterocycles. The lowest BCUT2D eigenvalue weighted by Gasteiger charge is -2.15. The highest BCUT2D eigenvalue weighted by Gasteiger charge is 2.15. The molecule has 0 radical (unpaired) electrons. The van der Waals surface area contributed by atoms with Gasteiger partial charge in [-0.3, -0.25) is 0 Å². The molecule has 4 rings (SSSR count). The van der Waals surface area contributed by atoms with Crippen molar-refractivity contribution in [3.63, 3.8) is 0 Å². The van der Waals surface area contributed by atoms with Crippen LogP contribution in [0.4, 0.5) is 11.4 Å². The van der Waals surface area contributed by atoms with Crippen LogP contribution < -0.4 is 5.32 Å². The van der Waals surface area contributed by atoms with Crippen molar-refractivity contribution in [3.8, 4) is 0 Å². The Balaban J connectivity index is 0.000000231. The third-order valence-corrected chi connectivity index (χ3v) is 6.57. The molecule has 0 saturated heterocycles. The van der Waals surface area contributed by atoms with Crippen LogP contribution in [-0.4, -0.2) is 19.4 Å². The van der Waals surface area contributed by atoms with Crippen LogP contribution in [-0.2, 0) is 9.47 Å². The third kappa shape index (κ3) is 8.09. The number of nitrogens with one attached hydrogen (secondary N) is 1. The topological polar surface area (TPSA) is 47.6 Å². The number of esters is 1. The van der Waals surface area contributed by atoms with Gasteiger partial charge in [0.1, 0.15) is 0 Å². The Morgan fingerprint density at radius 2 is 1.41 bits per heavy atom. The molecule has 0 saturated carbocycles.